The second-order valence-electron chi connectivity index (χ2n) is 5.10. The highest BCUT2D eigenvalue weighted by atomic mass is 16.5. The van der Waals surface area contributed by atoms with Gasteiger partial charge >= 0.3 is 0 Å². The van der Waals surface area contributed by atoms with E-state index in [-0.39, 0.29) is 5.54 Å². The lowest BCUT2D eigenvalue weighted by Crippen LogP contribution is -2.34. The average molecular weight is 243 g/mol. The SMILES string of the molecule is Cc1ccccc1-c1nc(C2(N)CCCC2)no1. The van der Waals surface area contributed by atoms with Crippen molar-refractivity contribution in [3.05, 3.63) is 35.7 Å². The predicted molar refractivity (Wildman–Crippen MR) is 68.8 cm³/mol. The molecule has 1 saturated carbocycles. The summed E-state index contributed by atoms with van der Waals surface area (Å²) in [4.78, 5) is 4.49. The van der Waals surface area contributed by atoms with Crippen molar-refractivity contribution in [2.24, 2.45) is 5.73 Å². The molecule has 0 atom stereocenters. The summed E-state index contributed by atoms with van der Waals surface area (Å²) in [5.41, 5.74) is 8.05. The molecule has 0 spiro atoms. The van der Waals surface area contributed by atoms with Gasteiger partial charge in [0.2, 0.25) is 0 Å². The highest BCUT2D eigenvalue weighted by molar-refractivity contribution is 5.57. The maximum Gasteiger partial charge on any atom is 0.258 e. The van der Waals surface area contributed by atoms with Gasteiger partial charge in [-0.2, -0.15) is 4.98 Å². The Morgan fingerprint density at radius 1 is 1.22 bits per heavy atom. The summed E-state index contributed by atoms with van der Waals surface area (Å²) in [6, 6.07) is 7.99. The Labute approximate surface area is 106 Å². The minimum absolute atomic E-state index is 0.384. The Hall–Kier alpha value is -1.68. The summed E-state index contributed by atoms with van der Waals surface area (Å²) in [5.74, 6) is 1.22. The molecule has 0 bridgehead atoms. The topological polar surface area (TPSA) is 64.9 Å². The van der Waals surface area contributed by atoms with Crippen LogP contribution in [0.2, 0.25) is 0 Å². The number of benzene rings is 1. The summed E-state index contributed by atoms with van der Waals surface area (Å²) in [7, 11) is 0. The molecule has 2 aromatic rings. The van der Waals surface area contributed by atoms with Gasteiger partial charge in [-0.05, 0) is 31.4 Å². The Kier molecular flexibility index (Phi) is 2.67. The molecule has 94 valence electrons. The number of hydrogen-bond donors (Lipinski definition) is 1. The Morgan fingerprint density at radius 3 is 2.67 bits per heavy atom. The van der Waals surface area contributed by atoms with Gasteiger partial charge in [-0.15, -0.1) is 0 Å². The summed E-state index contributed by atoms with van der Waals surface area (Å²) in [6.07, 6.45) is 4.18. The molecule has 0 radical (unpaired) electrons. The van der Waals surface area contributed by atoms with Crippen LogP contribution in [0.1, 0.15) is 37.1 Å². The lowest BCUT2D eigenvalue weighted by Gasteiger charge is -2.17. The molecule has 1 aliphatic carbocycles. The fourth-order valence-corrected chi connectivity index (χ4v) is 2.58. The van der Waals surface area contributed by atoms with Gasteiger partial charge in [0, 0.05) is 5.56 Å². The van der Waals surface area contributed by atoms with Gasteiger partial charge in [0.05, 0.1) is 5.54 Å². The summed E-state index contributed by atoms with van der Waals surface area (Å²) < 4.78 is 5.37. The van der Waals surface area contributed by atoms with Gasteiger partial charge in [-0.25, -0.2) is 0 Å². The molecule has 0 aliphatic heterocycles. The van der Waals surface area contributed by atoms with E-state index in [1.165, 1.54) is 0 Å². The Balaban J connectivity index is 1.97. The summed E-state index contributed by atoms with van der Waals surface area (Å²) in [5, 5.41) is 4.08. The van der Waals surface area contributed by atoms with Crippen LogP contribution in [0, 0.1) is 6.92 Å². The third-order valence-electron chi connectivity index (χ3n) is 3.74. The minimum atomic E-state index is -0.384. The van der Waals surface area contributed by atoms with E-state index in [0.717, 1.165) is 36.8 Å². The lowest BCUT2D eigenvalue weighted by molar-refractivity contribution is 0.372. The normalized spacial score (nSPS) is 18.1. The first-order chi connectivity index (χ1) is 8.69. The Bertz CT molecular complexity index is 556. The quantitative estimate of drug-likeness (QED) is 0.880. The molecule has 1 fully saturated rings. The van der Waals surface area contributed by atoms with Gasteiger partial charge in [-0.1, -0.05) is 36.2 Å². The molecule has 2 N–H and O–H groups in total. The molecule has 0 amide bonds. The maximum absolute atomic E-state index is 6.32. The van der Waals surface area contributed by atoms with Crippen LogP contribution < -0.4 is 5.73 Å². The van der Waals surface area contributed by atoms with E-state index in [1.807, 2.05) is 31.2 Å². The molecule has 4 nitrogen and oxygen atoms in total. The van der Waals surface area contributed by atoms with Gasteiger partial charge in [0.1, 0.15) is 0 Å². The van der Waals surface area contributed by atoms with Crippen molar-refractivity contribution in [1.82, 2.24) is 10.1 Å². The van der Waals surface area contributed by atoms with Gasteiger partial charge in [0.15, 0.2) is 5.82 Å². The molecule has 0 saturated heterocycles. The van der Waals surface area contributed by atoms with Crippen molar-refractivity contribution < 1.29 is 4.52 Å². The van der Waals surface area contributed by atoms with E-state index < -0.39 is 0 Å². The van der Waals surface area contributed by atoms with E-state index >= 15 is 0 Å². The largest absolute Gasteiger partial charge is 0.334 e. The molecule has 1 aromatic heterocycles. The lowest BCUT2D eigenvalue weighted by atomic mass is 9.98. The smallest absolute Gasteiger partial charge is 0.258 e. The van der Waals surface area contributed by atoms with E-state index in [2.05, 4.69) is 10.1 Å². The van der Waals surface area contributed by atoms with Crippen molar-refractivity contribution in [1.29, 1.82) is 0 Å². The van der Waals surface area contributed by atoms with Crippen LogP contribution in [0.15, 0.2) is 28.8 Å². The van der Waals surface area contributed by atoms with Crippen LogP contribution in [0.3, 0.4) is 0 Å². The molecule has 18 heavy (non-hydrogen) atoms. The van der Waals surface area contributed by atoms with E-state index in [0.29, 0.717) is 11.7 Å². The van der Waals surface area contributed by atoms with Crippen LogP contribution in [-0.4, -0.2) is 10.1 Å². The molecule has 4 heteroatoms. The molecular weight excluding hydrogens is 226 g/mol. The maximum atomic E-state index is 6.32. The summed E-state index contributed by atoms with van der Waals surface area (Å²) >= 11 is 0. The van der Waals surface area contributed by atoms with Crippen LogP contribution in [0.5, 0.6) is 0 Å². The van der Waals surface area contributed by atoms with Crippen molar-refractivity contribution >= 4 is 0 Å². The number of nitrogens with two attached hydrogens (primary N) is 1. The zero-order valence-electron chi connectivity index (χ0n) is 10.5. The van der Waals surface area contributed by atoms with Crippen LogP contribution >= 0.6 is 0 Å². The van der Waals surface area contributed by atoms with Gasteiger partial charge < -0.3 is 10.3 Å². The predicted octanol–water partition coefficient (Wildman–Crippen LogP) is 2.77. The highest BCUT2D eigenvalue weighted by Crippen LogP contribution is 2.35. The second-order valence-corrected chi connectivity index (χ2v) is 5.10. The van der Waals surface area contributed by atoms with Crippen molar-refractivity contribution in [2.45, 2.75) is 38.1 Å². The minimum Gasteiger partial charge on any atom is -0.334 e. The number of aryl methyl sites for hydroxylation is 1. The van der Waals surface area contributed by atoms with Crippen molar-refractivity contribution in [2.75, 3.05) is 0 Å². The van der Waals surface area contributed by atoms with Crippen LogP contribution in [-0.2, 0) is 5.54 Å². The zero-order chi connectivity index (χ0) is 12.6. The third-order valence-corrected chi connectivity index (χ3v) is 3.74. The fourth-order valence-electron chi connectivity index (χ4n) is 2.58. The first kappa shape index (κ1) is 11.4. The number of hydrogen-bond acceptors (Lipinski definition) is 4. The molecular formula is C14H17N3O. The number of rotatable bonds is 2. The van der Waals surface area contributed by atoms with Gasteiger partial charge in [0.25, 0.3) is 5.89 Å². The first-order valence-corrected chi connectivity index (χ1v) is 6.38. The van der Waals surface area contributed by atoms with Crippen LogP contribution in [0.25, 0.3) is 11.5 Å². The molecule has 1 aliphatic rings. The highest BCUT2D eigenvalue weighted by Gasteiger charge is 2.36. The third kappa shape index (κ3) is 1.82. The molecule has 3 rings (SSSR count). The van der Waals surface area contributed by atoms with E-state index in [1.54, 1.807) is 0 Å². The van der Waals surface area contributed by atoms with Crippen LogP contribution in [0.4, 0.5) is 0 Å². The second kappa shape index (κ2) is 4.21. The van der Waals surface area contributed by atoms with Crippen molar-refractivity contribution in [3.8, 4) is 11.5 Å². The summed E-state index contributed by atoms with van der Waals surface area (Å²) in [6.45, 7) is 2.03. The first-order valence-electron chi connectivity index (χ1n) is 6.38. The average Bonchev–Trinajstić information content (AvgIpc) is 2.99. The fraction of sp³-hybridized carbons (Fsp3) is 0.429. The molecule has 1 aromatic carbocycles. The van der Waals surface area contributed by atoms with Gasteiger partial charge in [-0.3, -0.25) is 0 Å². The monoisotopic (exact) mass is 243 g/mol. The van der Waals surface area contributed by atoms with E-state index in [4.69, 9.17) is 10.3 Å². The molecule has 1 heterocycles. The standard InChI is InChI=1S/C14H17N3O/c1-10-6-2-3-7-11(10)12-16-13(17-18-12)14(15)8-4-5-9-14/h2-3,6-7H,4-5,8-9,15H2,1H3. The zero-order valence-corrected chi connectivity index (χ0v) is 10.5. The molecule has 0 unspecified atom stereocenters. The van der Waals surface area contributed by atoms with E-state index in [9.17, 15) is 0 Å². The van der Waals surface area contributed by atoms with Crippen molar-refractivity contribution in [3.63, 3.8) is 0 Å². The number of nitrogens with zero attached hydrogens (tertiary/aromatic N) is 2. The Morgan fingerprint density at radius 2 is 1.94 bits per heavy atom. The number of aromatic nitrogens is 2.